The highest BCUT2D eigenvalue weighted by Gasteiger charge is 2.06. The third kappa shape index (κ3) is 4.49. The van der Waals surface area contributed by atoms with Crippen LogP contribution in [0.25, 0.3) is 10.2 Å². The average molecular weight is 308 g/mol. The number of thioether (sulfide) groups is 1. The fraction of sp³-hybridized carbons (Fsp3) is 0.467. The molecule has 0 atom stereocenters. The van der Waals surface area contributed by atoms with Crippen LogP contribution in [0.2, 0.25) is 0 Å². The second-order valence-corrected chi connectivity index (χ2v) is 7.13. The van der Waals surface area contributed by atoms with Crippen molar-refractivity contribution in [2.75, 3.05) is 11.1 Å². The number of hydrogen-bond donors (Lipinski definition) is 1. The van der Waals surface area contributed by atoms with E-state index >= 15 is 0 Å². The second kappa shape index (κ2) is 7.64. The van der Waals surface area contributed by atoms with Crippen LogP contribution in [0.1, 0.15) is 39.5 Å². The van der Waals surface area contributed by atoms with Crippen molar-refractivity contribution in [3.8, 4) is 0 Å². The molecule has 1 amide bonds. The molecule has 0 unspecified atom stereocenters. The smallest absolute Gasteiger partial charge is 0.221 e. The van der Waals surface area contributed by atoms with Crippen LogP contribution in [-0.4, -0.2) is 16.6 Å². The zero-order valence-corrected chi connectivity index (χ0v) is 13.6. The first-order valence-corrected chi connectivity index (χ1v) is 8.80. The van der Waals surface area contributed by atoms with Gasteiger partial charge in [-0.2, -0.15) is 0 Å². The van der Waals surface area contributed by atoms with Gasteiger partial charge in [0.15, 0.2) is 4.34 Å². The molecule has 0 aliphatic heterocycles. The minimum atomic E-state index is -0.0422. The van der Waals surface area contributed by atoms with Gasteiger partial charge >= 0.3 is 0 Å². The van der Waals surface area contributed by atoms with Crippen molar-refractivity contribution in [2.24, 2.45) is 0 Å². The van der Waals surface area contributed by atoms with E-state index in [0.717, 1.165) is 26.0 Å². The van der Waals surface area contributed by atoms with Gasteiger partial charge in [0.1, 0.15) is 0 Å². The quantitative estimate of drug-likeness (QED) is 0.582. The number of unbranched alkanes of at least 4 members (excludes halogenated alkanes) is 3. The van der Waals surface area contributed by atoms with Crippen LogP contribution < -0.4 is 5.32 Å². The lowest BCUT2D eigenvalue weighted by Crippen LogP contribution is -2.05. The number of carbonyl (C=O) groups is 1. The van der Waals surface area contributed by atoms with Gasteiger partial charge in [0.2, 0.25) is 5.91 Å². The van der Waals surface area contributed by atoms with Crippen LogP contribution in [-0.2, 0) is 4.79 Å². The van der Waals surface area contributed by atoms with Gasteiger partial charge in [0.05, 0.1) is 10.2 Å². The number of aromatic nitrogens is 1. The normalized spacial score (nSPS) is 10.9. The number of nitrogens with one attached hydrogen (secondary N) is 1. The SMILES string of the molecule is CCCCCCSc1nc2ccc(NC(C)=O)cc2s1. The van der Waals surface area contributed by atoms with E-state index in [-0.39, 0.29) is 5.91 Å². The number of rotatable bonds is 7. The van der Waals surface area contributed by atoms with Gasteiger partial charge in [0.25, 0.3) is 0 Å². The zero-order valence-electron chi connectivity index (χ0n) is 11.9. The molecule has 0 radical (unpaired) electrons. The van der Waals surface area contributed by atoms with E-state index in [1.54, 1.807) is 11.3 Å². The Balaban J connectivity index is 1.96. The van der Waals surface area contributed by atoms with Crippen LogP contribution in [0.5, 0.6) is 0 Å². The molecule has 1 heterocycles. The Morgan fingerprint density at radius 3 is 2.95 bits per heavy atom. The number of fused-ring (bicyclic) bond motifs is 1. The number of thiazole rings is 1. The Hall–Kier alpha value is -1.07. The highest BCUT2D eigenvalue weighted by atomic mass is 32.2. The molecule has 0 aliphatic carbocycles. The van der Waals surface area contributed by atoms with Crippen molar-refractivity contribution in [1.29, 1.82) is 0 Å². The van der Waals surface area contributed by atoms with E-state index in [1.165, 1.54) is 32.6 Å². The molecular weight excluding hydrogens is 288 g/mol. The first-order chi connectivity index (χ1) is 9.69. The minimum absolute atomic E-state index is 0.0422. The first kappa shape index (κ1) is 15.3. The number of hydrogen-bond acceptors (Lipinski definition) is 4. The number of amides is 1. The molecule has 20 heavy (non-hydrogen) atoms. The Labute approximate surface area is 128 Å². The van der Waals surface area contributed by atoms with Crippen molar-refractivity contribution in [1.82, 2.24) is 4.98 Å². The van der Waals surface area contributed by atoms with E-state index in [0.29, 0.717) is 0 Å². The number of anilines is 1. The van der Waals surface area contributed by atoms with E-state index < -0.39 is 0 Å². The lowest BCUT2D eigenvalue weighted by atomic mass is 10.2. The van der Waals surface area contributed by atoms with Crippen molar-refractivity contribution in [3.63, 3.8) is 0 Å². The molecule has 0 saturated heterocycles. The van der Waals surface area contributed by atoms with E-state index in [1.807, 2.05) is 30.0 Å². The monoisotopic (exact) mass is 308 g/mol. The Morgan fingerprint density at radius 2 is 2.20 bits per heavy atom. The molecule has 5 heteroatoms. The molecule has 3 nitrogen and oxygen atoms in total. The van der Waals surface area contributed by atoms with Crippen molar-refractivity contribution < 1.29 is 4.79 Å². The van der Waals surface area contributed by atoms with Gasteiger partial charge in [0, 0.05) is 18.4 Å². The summed E-state index contributed by atoms with van der Waals surface area (Å²) in [5.41, 5.74) is 1.85. The molecule has 0 saturated carbocycles. The van der Waals surface area contributed by atoms with Crippen molar-refractivity contribution >= 4 is 44.9 Å². The summed E-state index contributed by atoms with van der Waals surface area (Å²) in [5, 5.41) is 2.81. The van der Waals surface area contributed by atoms with Gasteiger partial charge in [-0.15, -0.1) is 11.3 Å². The van der Waals surface area contributed by atoms with Gasteiger partial charge < -0.3 is 5.32 Å². The maximum absolute atomic E-state index is 11.1. The van der Waals surface area contributed by atoms with Gasteiger partial charge in [-0.1, -0.05) is 37.9 Å². The molecule has 1 N–H and O–H groups in total. The fourth-order valence-electron chi connectivity index (χ4n) is 1.93. The largest absolute Gasteiger partial charge is 0.326 e. The molecule has 2 rings (SSSR count). The third-order valence-electron chi connectivity index (χ3n) is 2.91. The Bertz CT molecular complexity index is 580. The van der Waals surface area contributed by atoms with Gasteiger partial charge in [-0.05, 0) is 24.6 Å². The summed E-state index contributed by atoms with van der Waals surface area (Å²) in [5.74, 6) is 1.10. The van der Waals surface area contributed by atoms with E-state index in [2.05, 4.69) is 17.2 Å². The van der Waals surface area contributed by atoms with Crippen LogP contribution in [0, 0.1) is 0 Å². The molecular formula is C15H20N2OS2. The Morgan fingerprint density at radius 1 is 1.35 bits per heavy atom. The van der Waals surface area contributed by atoms with Crippen LogP contribution >= 0.6 is 23.1 Å². The molecule has 1 aromatic carbocycles. The lowest BCUT2D eigenvalue weighted by molar-refractivity contribution is -0.114. The summed E-state index contributed by atoms with van der Waals surface area (Å²) in [6, 6.07) is 5.87. The van der Waals surface area contributed by atoms with Gasteiger partial charge in [-0.3, -0.25) is 4.79 Å². The summed E-state index contributed by atoms with van der Waals surface area (Å²) >= 11 is 3.54. The third-order valence-corrected chi connectivity index (χ3v) is 5.16. The highest BCUT2D eigenvalue weighted by molar-refractivity contribution is 8.01. The fourth-order valence-corrected chi connectivity index (χ4v) is 4.11. The van der Waals surface area contributed by atoms with E-state index in [4.69, 9.17) is 0 Å². The van der Waals surface area contributed by atoms with Crippen molar-refractivity contribution in [2.45, 2.75) is 43.9 Å². The number of nitrogens with zero attached hydrogens (tertiary/aromatic N) is 1. The molecule has 0 spiro atoms. The zero-order chi connectivity index (χ0) is 14.4. The first-order valence-electron chi connectivity index (χ1n) is 7.00. The summed E-state index contributed by atoms with van der Waals surface area (Å²) in [7, 11) is 0. The predicted octanol–water partition coefficient (Wildman–Crippen LogP) is 4.93. The molecule has 0 aliphatic rings. The molecule has 2 aromatic rings. The second-order valence-electron chi connectivity index (χ2n) is 4.75. The van der Waals surface area contributed by atoms with E-state index in [9.17, 15) is 4.79 Å². The molecule has 0 bridgehead atoms. The molecule has 0 fully saturated rings. The average Bonchev–Trinajstić information content (AvgIpc) is 2.79. The number of benzene rings is 1. The van der Waals surface area contributed by atoms with Gasteiger partial charge in [-0.25, -0.2) is 4.98 Å². The van der Waals surface area contributed by atoms with Crippen LogP contribution in [0.15, 0.2) is 22.5 Å². The molecule has 1 aromatic heterocycles. The van der Waals surface area contributed by atoms with Crippen LogP contribution in [0.3, 0.4) is 0 Å². The summed E-state index contributed by atoms with van der Waals surface area (Å²) in [4.78, 5) is 15.7. The lowest BCUT2D eigenvalue weighted by Gasteiger charge is -1.99. The maximum atomic E-state index is 11.1. The summed E-state index contributed by atoms with van der Waals surface area (Å²) in [6.45, 7) is 3.75. The Kier molecular flexibility index (Phi) is 5.86. The predicted molar refractivity (Wildman–Crippen MR) is 88.8 cm³/mol. The highest BCUT2D eigenvalue weighted by Crippen LogP contribution is 2.31. The minimum Gasteiger partial charge on any atom is -0.326 e. The topological polar surface area (TPSA) is 42.0 Å². The molecule has 108 valence electrons. The summed E-state index contributed by atoms with van der Waals surface area (Å²) < 4.78 is 2.25. The van der Waals surface area contributed by atoms with Crippen LogP contribution in [0.4, 0.5) is 5.69 Å². The maximum Gasteiger partial charge on any atom is 0.221 e. The number of carbonyl (C=O) groups excluding carboxylic acids is 1. The van der Waals surface area contributed by atoms with Crippen molar-refractivity contribution in [3.05, 3.63) is 18.2 Å². The summed E-state index contributed by atoms with van der Waals surface area (Å²) in [6.07, 6.45) is 5.16. The standard InChI is InChI=1S/C15H20N2OS2/c1-3-4-5-6-9-19-15-17-13-8-7-12(16-11(2)18)10-14(13)20-15/h7-8,10H,3-6,9H2,1-2H3,(H,16,18).